The molecule has 0 spiro atoms. The van der Waals surface area contributed by atoms with E-state index < -0.39 is 4.92 Å². The van der Waals surface area contributed by atoms with Crippen molar-refractivity contribution in [3.05, 3.63) is 22.8 Å². The largest absolute Gasteiger partial charge is 0.480 e. The van der Waals surface area contributed by atoms with E-state index in [-0.39, 0.29) is 18.3 Å². The Morgan fingerprint density at radius 2 is 2.30 bits per heavy atom. The van der Waals surface area contributed by atoms with Gasteiger partial charge >= 0.3 is 5.88 Å². The molecule has 1 aromatic heterocycles. The Morgan fingerprint density at radius 3 is 2.60 bits per heavy atom. The van der Waals surface area contributed by atoms with Gasteiger partial charge in [0, 0.05) is 0 Å². The molecule has 2 N–H and O–H groups in total. The van der Waals surface area contributed by atoms with Gasteiger partial charge in [0.1, 0.15) is 12.4 Å². The maximum absolute atomic E-state index is 10.1. The molecule has 5 heteroatoms. The summed E-state index contributed by atoms with van der Waals surface area (Å²) in [7, 11) is 0. The van der Waals surface area contributed by atoms with Crippen molar-refractivity contribution >= 4 is 5.88 Å². The molecular weight excluding hydrogens is 138 g/mol. The molecule has 1 heterocycles. The third kappa shape index (κ3) is 1.14. The highest BCUT2D eigenvalue weighted by Crippen LogP contribution is 2.14. The van der Waals surface area contributed by atoms with Gasteiger partial charge in [-0.3, -0.25) is 0 Å². The van der Waals surface area contributed by atoms with Gasteiger partial charge in [0.25, 0.3) is 4.92 Å². The fourth-order valence-corrected chi connectivity index (χ4v) is 0.554. The second kappa shape index (κ2) is 2.49. The number of hydrogen-bond donors (Lipinski definition) is 2. The van der Waals surface area contributed by atoms with Crippen LogP contribution in [-0.4, -0.2) is 15.2 Å². The zero-order valence-electron chi connectivity index (χ0n) is 5.02. The molecular formula is C5H6NO4+. The molecule has 5 nitrogen and oxygen atoms in total. The summed E-state index contributed by atoms with van der Waals surface area (Å²) in [5.74, 6) is 0.00829. The SMILES string of the molecule is O=[N+](O)c1ccc(CO)o1. The standard InChI is InChI=1S/C5H6NO4/c7-3-4-1-2-5(10-4)6(8)9/h1-2,7H,3H2,(H,8,9)/q+1. The average Bonchev–Trinajstić information content (AvgIpc) is 2.34. The van der Waals surface area contributed by atoms with Crippen LogP contribution in [0.2, 0.25) is 0 Å². The van der Waals surface area contributed by atoms with Crippen LogP contribution in [0.3, 0.4) is 0 Å². The first-order chi connectivity index (χ1) is 4.74. The molecule has 0 aliphatic rings. The predicted molar refractivity (Wildman–Crippen MR) is 29.7 cm³/mol. The van der Waals surface area contributed by atoms with Gasteiger partial charge in [-0.15, -0.1) is 0 Å². The normalized spacial score (nSPS) is 9.70. The highest BCUT2D eigenvalue weighted by molar-refractivity contribution is 5.16. The lowest BCUT2D eigenvalue weighted by atomic mass is 10.5. The zero-order valence-corrected chi connectivity index (χ0v) is 5.02. The molecule has 1 aromatic rings. The van der Waals surface area contributed by atoms with Crippen molar-refractivity contribution in [2.75, 3.05) is 0 Å². The lowest BCUT2D eigenvalue weighted by Crippen LogP contribution is -1.87. The monoisotopic (exact) mass is 144 g/mol. The molecule has 0 aliphatic heterocycles. The lowest BCUT2D eigenvalue weighted by molar-refractivity contribution is -0.737. The number of furan rings is 1. The highest BCUT2D eigenvalue weighted by Gasteiger charge is 2.16. The fraction of sp³-hybridized carbons (Fsp3) is 0.200. The van der Waals surface area contributed by atoms with E-state index in [2.05, 4.69) is 4.42 Å². The van der Waals surface area contributed by atoms with Crippen molar-refractivity contribution in [3.63, 3.8) is 0 Å². The number of rotatable bonds is 2. The Morgan fingerprint density at radius 1 is 1.60 bits per heavy atom. The van der Waals surface area contributed by atoms with Gasteiger partial charge in [0.15, 0.2) is 0 Å². The van der Waals surface area contributed by atoms with Crippen LogP contribution in [0, 0.1) is 4.91 Å². The van der Waals surface area contributed by atoms with Gasteiger partial charge in [0.05, 0.1) is 11.0 Å². The molecule has 0 fully saturated rings. The second-order valence-electron chi connectivity index (χ2n) is 1.67. The average molecular weight is 144 g/mol. The van der Waals surface area contributed by atoms with Gasteiger partial charge < -0.3 is 9.52 Å². The van der Waals surface area contributed by atoms with Crippen molar-refractivity contribution in [2.24, 2.45) is 0 Å². The van der Waals surface area contributed by atoms with Crippen molar-refractivity contribution in [2.45, 2.75) is 6.61 Å². The Labute approximate surface area is 56.0 Å². The summed E-state index contributed by atoms with van der Waals surface area (Å²) >= 11 is 0. The van der Waals surface area contributed by atoms with Gasteiger partial charge in [-0.2, -0.15) is 0 Å². The molecule has 0 saturated carbocycles. The minimum absolute atomic E-state index is 0.232. The summed E-state index contributed by atoms with van der Waals surface area (Å²) in [4.78, 5) is 9.67. The van der Waals surface area contributed by atoms with Gasteiger partial charge in [-0.05, 0) is 6.07 Å². The third-order valence-electron chi connectivity index (χ3n) is 0.992. The van der Waals surface area contributed by atoms with Gasteiger partial charge in [-0.1, -0.05) is 0 Å². The summed E-state index contributed by atoms with van der Waals surface area (Å²) in [6.07, 6.45) is 0. The van der Waals surface area contributed by atoms with Crippen LogP contribution in [0.1, 0.15) is 5.76 Å². The topological polar surface area (TPSA) is 73.7 Å². The van der Waals surface area contributed by atoms with E-state index >= 15 is 0 Å². The van der Waals surface area contributed by atoms with E-state index in [4.69, 9.17) is 10.3 Å². The molecule has 0 amide bonds. The number of aliphatic hydroxyl groups excluding tert-OH is 1. The molecule has 54 valence electrons. The number of aliphatic hydroxyl groups is 1. The lowest BCUT2D eigenvalue weighted by Gasteiger charge is -1.80. The summed E-state index contributed by atoms with van der Waals surface area (Å²) in [6.45, 7) is -0.284. The number of nitrogens with zero attached hydrogens (tertiary/aromatic N) is 1. The van der Waals surface area contributed by atoms with Crippen LogP contribution in [0.25, 0.3) is 0 Å². The quantitative estimate of drug-likeness (QED) is 0.595. The first kappa shape index (κ1) is 6.76. The fourth-order valence-electron chi connectivity index (χ4n) is 0.554. The third-order valence-corrected chi connectivity index (χ3v) is 0.992. The minimum Gasteiger partial charge on any atom is -0.401 e. The van der Waals surface area contributed by atoms with Crippen LogP contribution in [-0.2, 0) is 6.61 Å². The summed E-state index contributed by atoms with van der Waals surface area (Å²) in [5.41, 5.74) is 0. The zero-order chi connectivity index (χ0) is 7.56. The Hall–Kier alpha value is -1.36. The van der Waals surface area contributed by atoms with Gasteiger partial charge in [-0.25, -0.2) is 5.21 Å². The van der Waals surface area contributed by atoms with E-state index in [1.54, 1.807) is 0 Å². The van der Waals surface area contributed by atoms with Crippen molar-refractivity contribution < 1.29 is 19.7 Å². The predicted octanol–water partition coefficient (Wildman–Crippen LogP) is 0.571. The Bertz CT molecular complexity index is 242. The maximum atomic E-state index is 10.1. The van der Waals surface area contributed by atoms with Crippen LogP contribution in [0.4, 0.5) is 5.88 Å². The molecule has 0 bridgehead atoms. The van der Waals surface area contributed by atoms with Crippen molar-refractivity contribution in [3.8, 4) is 0 Å². The second-order valence-corrected chi connectivity index (χ2v) is 1.67. The van der Waals surface area contributed by atoms with Crippen LogP contribution < -0.4 is 0 Å². The van der Waals surface area contributed by atoms with E-state index in [1.807, 2.05) is 0 Å². The molecule has 0 aliphatic carbocycles. The first-order valence-corrected chi connectivity index (χ1v) is 2.59. The van der Waals surface area contributed by atoms with Crippen molar-refractivity contribution in [1.29, 1.82) is 0 Å². The van der Waals surface area contributed by atoms with E-state index in [9.17, 15) is 4.91 Å². The first-order valence-electron chi connectivity index (χ1n) is 2.59. The molecule has 0 aromatic carbocycles. The molecule has 10 heavy (non-hydrogen) atoms. The summed E-state index contributed by atoms with van der Waals surface area (Å²) in [6, 6.07) is 2.66. The van der Waals surface area contributed by atoms with Gasteiger partial charge in [0.2, 0.25) is 0 Å². The number of hydrogen-bond acceptors (Lipinski definition) is 3. The molecule has 0 saturated heterocycles. The smallest absolute Gasteiger partial charge is 0.401 e. The van der Waals surface area contributed by atoms with E-state index in [0.717, 1.165) is 0 Å². The summed E-state index contributed by atoms with van der Waals surface area (Å²) < 4.78 is 4.61. The van der Waals surface area contributed by atoms with Crippen LogP contribution in [0.15, 0.2) is 16.5 Å². The molecule has 0 atom stereocenters. The molecule has 0 unspecified atom stereocenters. The summed E-state index contributed by atoms with van der Waals surface area (Å²) in [5, 5.41) is 16.7. The Kier molecular flexibility index (Phi) is 1.68. The Balaban J connectivity index is 2.88. The molecule has 1 rings (SSSR count). The van der Waals surface area contributed by atoms with Crippen molar-refractivity contribution in [1.82, 2.24) is 0 Å². The van der Waals surface area contributed by atoms with Crippen LogP contribution in [0.5, 0.6) is 0 Å². The maximum Gasteiger partial charge on any atom is 0.480 e. The van der Waals surface area contributed by atoms with E-state index in [0.29, 0.717) is 0 Å². The van der Waals surface area contributed by atoms with E-state index in [1.165, 1.54) is 12.1 Å². The minimum atomic E-state index is -0.404. The highest BCUT2D eigenvalue weighted by atomic mass is 16.6. The van der Waals surface area contributed by atoms with Crippen LogP contribution >= 0.6 is 0 Å². The molecule has 0 radical (unpaired) electrons.